The molecule has 0 N–H and O–H groups in total. The molecular formula is C17H13NO6. The maximum absolute atomic E-state index is 12.1. The largest absolute Gasteiger partial charge is 0.458 e. The molecule has 2 aromatic carbocycles. The normalized spacial score (nSPS) is 12.3. The van der Waals surface area contributed by atoms with Crippen molar-refractivity contribution in [2.45, 2.75) is 0 Å². The van der Waals surface area contributed by atoms with Crippen LogP contribution in [0.1, 0.15) is 15.9 Å². The molecule has 0 saturated carbocycles. The van der Waals surface area contributed by atoms with Gasteiger partial charge in [-0.1, -0.05) is 36.4 Å². The summed E-state index contributed by atoms with van der Waals surface area (Å²) in [6.45, 7) is -0.0376. The van der Waals surface area contributed by atoms with Crippen molar-refractivity contribution in [1.82, 2.24) is 0 Å². The predicted molar refractivity (Wildman–Crippen MR) is 85.0 cm³/mol. The van der Waals surface area contributed by atoms with Gasteiger partial charge in [0.15, 0.2) is 11.5 Å². The van der Waals surface area contributed by atoms with Gasteiger partial charge in [0.1, 0.15) is 12.2 Å². The number of nitro benzene ring substituents is 1. The summed E-state index contributed by atoms with van der Waals surface area (Å²) in [6.07, 6.45) is 3.45. The summed E-state index contributed by atoms with van der Waals surface area (Å²) in [4.78, 5) is 22.6. The first-order valence-corrected chi connectivity index (χ1v) is 7.12. The van der Waals surface area contributed by atoms with E-state index in [9.17, 15) is 14.9 Å². The Hall–Kier alpha value is -3.35. The topological polar surface area (TPSA) is 87.9 Å². The average Bonchev–Trinajstić information content (AvgIpc) is 3.05. The fraction of sp³-hybridized carbons (Fsp3) is 0.118. The van der Waals surface area contributed by atoms with Crippen molar-refractivity contribution < 1.29 is 23.9 Å². The molecule has 1 aliphatic heterocycles. The number of rotatable bonds is 5. The fourth-order valence-electron chi connectivity index (χ4n) is 2.20. The number of carbonyl (C=O) groups excluding carboxylic acids is 1. The molecule has 0 bridgehead atoms. The number of benzene rings is 2. The highest BCUT2D eigenvalue weighted by Crippen LogP contribution is 2.38. The molecule has 0 fully saturated rings. The Labute approximate surface area is 137 Å². The summed E-state index contributed by atoms with van der Waals surface area (Å²) >= 11 is 0. The molecule has 0 aromatic heterocycles. The van der Waals surface area contributed by atoms with E-state index in [1.165, 1.54) is 12.1 Å². The summed E-state index contributed by atoms with van der Waals surface area (Å²) in [7, 11) is 0. The molecule has 0 spiro atoms. The summed E-state index contributed by atoms with van der Waals surface area (Å²) < 4.78 is 15.3. The van der Waals surface area contributed by atoms with Gasteiger partial charge in [-0.25, -0.2) is 4.79 Å². The van der Waals surface area contributed by atoms with Crippen molar-refractivity contribution >= 4 is 17.7 Å². The fourth-order valence-corrected chi connectivity index (χ4v) is 2.20. The number of ether oxygens (including phenoxy) is 3. The molecule has 1 aliphatic rings. The number of nitrogens with zero attached hydrogens (tertiary/aromatic N) is 1. The van der Waals surface area contributed by atoms with Crippen molar-refractivity contribution in [1.29, 1.82) is 0 Å². The van der Waals surface area contributed by atoms with Crippen LogP contribution in [0.2, 0.25) is 0 Å². The Morgan fingerprint density at radius 2 is 1.92 bits per heavy atom. The highest BCUT2D eigenvalue weighted by atomic mass is 16.7. The summed E-state index contributed by atoms with van der Waals surface area (Å²) in [5.74, 6) is -0.271. The summed E-state index contributed by atoms with van der Waals surface area (Å²) in [5.41, 5.74) is 0.413. The first kappa shape index (κ1) is 15.5. The third-order valence-corrected chi connectivity index (χ3v) is 3.33. The van der Waals surface area contributed by atoms with Gasteiger partial charge in [-0.15, -0.1) is 0 Å². The van der Waals surface area contributed by atoms with Gasteiger partial charge in [-0.2, -0.15) is 0 Å². The molecule has 3 rings (SSSR count). The van der Waals surface area contributed by atoms with Crippen LogP contribution in [-0.4, -0.2) is 24.3 Å². The second-order valence-corrected chi connectivity index (χ2v) is 4.89. The van der Waals surface area contributed by atoms with Crippen molar-refractivity contribution in [3.8, 4) is 11.5 Å². The van der Waals surface area contributed by atoms with Gasteiger partial charge in [0.2, 0.25) is 6.79 Å². The van der Waals surface area contributed by atoms with E-state index < -0.39 is 10.9 Å². The summed E-state index contributed by atoms with van der Waals surface area (Å²) in [5, 5.41) is 11.1. The van der Waals surface area contributed by atoms with E-state index in [-0.39, 0.29) is 36.1 Å². The second kappa shape index (κ2) is 6.82. The lowest BCUT2D eigenvalue weighted by Gasteiger charge is -2.04. The zero-order chi connectivity index (χ0) is 16.9. The van der Waals surface area contributed by atoms with Crippen LogP contribution in [-0.2, 0) is 4.74 Å². The van der Waals surface area contributed by atoms with E-state index in [0.29, 0.717) is 0 Å². The van der Waals surface area contributed by atoms with Gasteiger partial charge in [-0.05, 0) is 11.6 Å². The molecule has 0 atom stereocenters. The minimum atomic E-state index is -0.794. The van der Waals surface area contributed by atoms with E-state index in [2.05, 4.69) is 0 Å². The molecule has 0 saturated heterocycles. The van der Waals surface area contributed by atoms with Crippen LogP contribution in [0, 0.1) is 10.1 Å². The van der Waals surface area contributed by atoms with E-state index in [4.69, 9.17) is 14.2 Å². The Balaban J connectivity index is 1.71. The van der Waals surface area contributed by atoms with E-state index >= 15 is 0 Å². The molecule has 24 heavy (non-hydrogen) atoms. The Kier molecular flexibility index (Phi) is 4.42. The zero-order valence-corrected chi connectivity index (χ0v) is 12.5. The van der Waals surface area contributed by atoms with Crippen LogP contribution in [0.4, 0.5) is 5.69 Å². The first-order valence-electron chi connectivity index (χ1n) is 7.12. The number of carbonyl (C=O) groups is 1. The van der Waals surface area contributed by atoms with Crippen molar-refractivity contribution in [2.75, 3.05) is 13.4 Å². The number of hydrogen-bond donors (Lipinski definition) is 0. The standard InChI is InChI=1S/C17H13NO6/c19-17(22-8-4-7-12-5-2-1-3-6-12)13-9-15-16(24-11-23-15)10-14(13)18(20)21/h1-7,9-10H,8,11H2/b7-4+. The minimum Gasteiger partial charge on any atom is -0.458 e. The highest BCUT2D eigenvalue weighted by molar-refractivity contribution is 5.95. The lowest BCUT2D eigenvalue weighted by molar-refractivity contribution is -0.385. The number of esters is 1. The molecule has 0 amide bonds. The van der Waals surface area contributed by atoms with Gasteiger partial charge < -0.3 is 14.2 Å². The smallest absolute Gasteiger partial charge is 0.345 e. The second-order valence-electron chi connectivity index (χ2n) is 4.89. The molecule has 0 aliphatic carbocycles. The first-order chi connectivity index (χ1) is 11.6. The quantitative estimate of drug-likeness (QED) is 0.476. The highest BCUT2D eigenvalue weighted by Gasteiger charge is 2.27. The number of hydrogen-bond acceptors (Lipinski definition) is 6. The van der Waals surface area contributed by atoms with Gasteiger partial charge >= 0.3 is 5.97 Å². The molecule has 7 heteroatoms. The lowest BCUT2D eigenvalue weighted by atomic mass is 10.1. The van der Waals surface area contributed by atoms with E-state index in [1.54, 1.807) is 12.2 Å². The van der Waals surface area contributed by atoms with E-state index in [1.807, 2.05) is 30.3 Å². The van der Waals surface area contributed by atoms with Crippen molar-refractivity contribution in [3.63, 3.8) is 0 Å². The Bertz CT molecular complexity index is 800. The minimum absolute atomic E-state index is 0.000671. The third-order valence-electron chi connectivity index (χ3n) is 3.33. The molecule has 0 radical (unpaired) electrons. The van der Waals surface area contributed by atoms with Crippen LogP contribution in [0.3, 0.4) is 0 Å². The molecule has 2 aromatic rings. The predicted octanol–water partition coefficient (Wildman–Crippen LogP) is 3.19. The Morgan fingerprint density at radius 3 is 2.62 bits per heavy atom. The average molecular weight is 327 g/mol. The van der Waals surface area contributed by atoms with Gasteiger partial charge in [-0.3, -0.25) is 10.1 Å². The molecule has 1 heterocycles. The maximum Gasteiger partial charge on any atom is 0.345 e. The van der Waals surface area contributed by atoms with Gasteiger partial charge in [0.05, 0.1) is 11.0 Å². The van der Waals surface area contributed by atoms with Crippen LogP contribution in [0.5, 0.6) is 11.5 Å². The lowest BCUT2D eigenvalue weighted by Crippen LogP contribution is -2.08. The van der Waals surface area contributed by atoms with Gasteiger partial charge in [0, 0.05) is 6.07 Å². The number of nitro groups is 1. The molecule has 0 unspecified atom stereocenters. The van der Waals surface area contributed by atoms with Crippen LogP contribution < -0.4 is 9.47 Å². The zero-order valence-electron chi connectivity index (χ0n) is 12.5. The van der Waals surface area contributed by atoms with Crippen LogP contribution in [0.15, 0.2) is 48.5 Å². The number of fused-ring (bicyclic) bond motifs is 1. The van der Waals surface area contributed by atoms with Crippen molar-refractivity contribution in [2.24, 2.45) is 0 Å². The van der Waals surface area contributed by atoms with E-state index in [0.717, 1.165) is 5.56 Å². The summed E-state index contributed by atoms with van der Waals surface area (Å²) in [6, 6.07) is 11.9. The van der Waals surface area contributed by atoms with Crippen LogP contribution in [0.25, 0.3) is 6.08 Å². The van der Waals surface area contributed by atoms with Crippen molar-refractivity contribution in [3.05, 3.63) is 69.8 Å². The Morgan fingerprint density at radius 1 is 1.21 bits per heavy atom. The third kappa shape index (κ3) is 3.35. The SMILES string of the molecule is O=C(OC/C=C/c1ccccc1)c1cc2c(cc1[N+](=O)[O-])OCO2. The molecular weight excluding hydrogens is 314 g/mol. The van der Waals surface area contributed by atoms with Gasteiger partial charge in [0.25, 0.3) is 5.69 Å². The van der Waals surface area contributed by atoms with Crippen LogP contribution >= 0.6 is 0 Å². The maximum atomic E-state index is 12.1. The molecule has 7 nitrogen and oxygen atoms in total. The monoisotopic (exact) mass is 327 g/mol. The molecule has 122 valence electrons.